The van der Waals surface area contributed by atoms with Crippen LogP contribution in [0.1, 0.15) is 56.9 Å². The van der Waals surface area contributed by atoms with Crippen LogP contribution in [0.3, 0.4) is 0 Å². The third-order valence-electron chi connectivity index (χ3n) is 6.98. The molecule has 0 N–H and O–H groups in total. The molecule has 2 fully saturated rings. The topological polar surface area (TPSA) is 18.5 Å². The van der Waals surface area contributed by atoms with Crippen molar-refractivity contribution < 1.29 is 22.6 Å². The number of fused-ring (bicyclic) bond motifs is 1. The first kappa shape index (κ1) is 21.2. The van der Waals surface area contributed by atoms with Crippen molar-refractivity contribution in [2.24, 2.45) is 11.8 Å². The number of hydrogen-bond acceptors (Lipinski definition) is 2. The molecule has 4 rings (SSSR count). The second-order valence-electron chi connectivity index (χ2n) is 8.60. The molecule has 4 atom stereocenters. The highest BCUT2D eigenvalue weighted by Gasteiger charge is 2.37. The molecule has 30 heavy (non-hydrogen) atoms. The van der Waals surface area contributed by atoms with Crippen molar-refractivity contribution in [2.75, 3.05) is 13.7 Å². The third-order valence-corrected chi connectivity index (χ3v) is 6.98. The van der Waals surface area contributed by atoms with Gasteiger partial charge < -0.3 is 9.47 Å². The molecule has 2 aliphatic rings. The SMILES string of the molecule is CCOC1CCC2CC(c3ccc(-c4ccc(OC)c(F)c4)c(F)c3F)CCC2C1. The van der Waals surface area contributed by atoms with E-state index in [1.165, 1.54) is 19.2 Å². The summed E-state index contributed by atoms with van der Waals surface area (Å²) in [6.45, 7) is 2.78. The van der Waals surface area contributed by atoms with E-state index in [0.717, 1.165) is 45.1 Å². The molecular formula is C25H29F3O2. The summed E-state index contributed by atoms with van der Waals surface area (Å²) >= 11 is 0. The number of methoxy groups -OCH3 is 1. The lowest BCUT2D eigenvalue weighted by Crippen LogP contribution is -2.34. The largest absolute Gasteiger partial charge is 0.494 e. The molecule has 2 saturated carbocycles. The standard InChI is InChI=1S/C25H29F3O2/c1-3-30-19-8-6-15-12-17(5-4-16(15)13-19)20-9-10-21(25(28)24(20)27)18-7-11-23(29-2)22(26)14-18/h7,9-11,14-17,19H,3-6,8,12-13H2,1-2H3. The Kier molecular flexibility index (Phi) is 6.37. The molecular weight excluding hydrogens is 389 g/mol. The van der Waals surface area contributed by atoms with Gasteiger partial charge in [-0.05, 0) is 86.5 Å². The number of hydrogen-bond donors (Lipinski definition) is 0. The van der Waals surface area contributed by atoms with Crippen LogP contribution < -0.4 is 4.74 Å². The van der Waals surface area contributed by atoms with Gasteiger partial charge in [-0.25, -0.2) is 13.2 Å². The van der Waals surface area contributed by atoms with Crippen molar-refractivity contribution in [1.82, 2.24) is 0 Å². The minimum atomic E-state index is -0.903. The summed E-state index contributed by atoms with van der Waals surface area (Å²) in [5.41, 5.74) is 0.827. The molecule has 4 unspecified atom stereocenters. The van der Waals surface area contributed by atoms with Gasteiger partial charge >= 0.3 is 0 Å². The molecule has 0 amide bonds. The zero-order valence-corrected chi connectivity index (χ0v) is 17.6. The Morgan fingerprint density at radius 3 is 2.40 bits per heavy atom. The van der Waals surface area contributed by atoms with Gasteiger partial charge in [0.25, 0.3) is 0 Å². The van der Waals surface area contributed by atoms with Crippen LogP contribution in [-0.4, -0.2) is 19.8 Å². The van der Waals surface area contributed by atoms with Crippen LogP contribution in [0.2, 0.25) is 0 Å². The minimum absolute atomic E-state index is 0.0334. The molecule has 2 nitrogen and oxygen atoms in total. The smallest absolute Gasteiger partial charge is 0.166 e. The van der Waals surface area contributed by atoms with E-state index in [1.807, 2.05) is 6.92 Å². The van der Waals surface area contributed by atoms with E-state index in [1.54, 1.807) is 18.2 Å². The van der Waals surface area contributed by atoms with E-state index < -0.39 is 17.5 Å². The molecule has 0 heterocycles. The van der Waals surface area contributed by atoms with Crippen molar-refractivity contribution in [1.29, 1.82) is 0 Å². The summed E-state index contributed by atoms with van der Waals surface area (Å²) in [5.74, 6) is -1.01. The predicted molar refractivity (Wildman–Crippen MR) is 111 cm³/mol. The van der Waals surface area contributed by atoms with Gasteiger partial charge in [-0.15, -0.1) is 0 Å². The Hall–Kier alpha value is -2.01. The monoisotopic (exact) mass is 418 g/mol. The van der Waals surface area contributed by atoms with Gasteiger partial charge in [-0.2, -0.15) is 0 Å². The summed E-state index contributed by atoms with van der Waals surface area (Å²) in [6, 6.07) is 7.41. The molecule has 0 saturated heterocycles. The van der Waals surface area contributed by atoms with Crippen LogP contribution in [0.4, 0.5) is 13.2 Å². The van der Waals surface area contributed by atoms with Crippen LogP contribution in [-0.2, 0) is 4.74 Å². The molecule has 2 aliphatic carbocycles. The Morgan fingerprint density at radius 2 is 1.67 bits per heavy atom. The summed E-state index contributed by atoms with van der Waals surface area (Å²) in [4.78, 5) is 0. The lowest BCUT2D eigenvalue weighted by Gasteiger charge is -2.42. The first-order chi connectivity index (χ1) is 14.5. The normalized spacial score (nSPS) is 26.3. The van der Waals surface area contributed by atoms with E-state index in [0.29, 0.717) is 29.1 Å². The molecule has 2 aromatic carbocycles. The van der Waals surface area contributed by atoms with Crippen molar-refractivity contribution in [3.8, 4) is 16.9 Å². The number of rotatable bonds is 5. The maximum Gasteiger partial charge on any atom is 0.166 e. The van der Waals surface area contributed by atoms with Crippen LogP contribution in [0.5, 0.6) is 5.75 Å². The van der Waals surface area contributed by atoms with Gasteiger partial charge in [0.2, 0.25) is 0 Å². The molecule has 5 heteroatoms. The average Bonchev–Trinajstić information content (AvgIpc) is 2.75. The minimum Gasteiger partial charge on any atom is -0.494 e. The lowest BCUT2D eigenvalue weighted by molar-refractivity contribution is -0.00970. The maximum absolute atomic E-state index is 15.1. The number of halogens is 3. The Morgan fingerprint density at radius 1 is 0.900 bits per heavy atom. The highest BCUT2D eigenvalue weighted by atomic mass is 19.2. The van der Waals surface area contributed by atoms with Gasteiger partial charge in [0.05, 0.1) is 13.2 Å². The molecule has 0 bridgehead atoms. The zero-order chi connectivity index (χ0) is 21.3. The Labute approximate surface area is 176 Å². The second-order valence-corrected chi connectivity index (χ2v) is 8.60. The van der Waals surface area contributed by atoms with E-state index in [9.17, 15) is 8.78 Å². The zero-order valence-electron chi connectivity index (χ0n) is 17.6. The number of ether oxygens (including phenoxy) is 2. The van der Waals surface area contributed by atoms with Gasteiger partial charge in [-0.3, -0.25) is 0 Å². The molecule has 162 valence electrons. The third kappa shape index (κ3) is 4.09. The maximum atomic E-state index is 15.1. The van der Waals surface area contributed by atoms with Gasteiger partial charge in [0, 0.05) is 12.2 Å². The van der Waals surface area contributed by atoms with Crippen molar-refractivity contribution in [3.63, 3.8) is 0 Å². The Bertz CT molecular complexity index is 898. The molecule has 0 aliphatic heterocycles. The van der Waals surface area contributed by atoms with Crippen LogP contribution in [0, 0.1) is 29.3 Å². The molecule has 0 spiro atoms. The molecule has 0 aromatic heterocycles. The quantitative estimate of drug-likeness (QED) is 0.528. The second kappa shape index (κ2) is 9.01. The first-order valence-corrected chi connectivity index (χ1v) is 10.9. The average molecular weight is 418 g/mol. The fraction of sp³-hybridized carbons (Fsp3) is 0.520. The van der Waals surface area contributed by atoms with E-state index in [2.05, 4.69) is 0 Å². The van der Waals surface area contributed by atoms with E-state index >= 15 is 4.39 Å². The van der Waals surface area contributed by atoms with Gasteiger partial charge in [-0.1, -0.05) is 18.2 Å². The first-order valence-electron chi connectivity index (χ1n) is 10.9. The summed E-state index contributed by atoms with van der Waals surface area (Å²) < 4.78 is 54.7. The van der Waals surface area contributed by atoms with Crippen LogP contribution >= 0.6 is 0 Å². The Balaban J connectivity index is 1.52. The van der Waals surface area contributed by atoms with Crippen molar-refractivity contribution in [3.05, 3.63) is 53.3 Å². The molecule has 0 radical (unpaired) electrons. The van der Waals surface area contributed by atoms with Gasteiger partial charge in [0.15, 0.2) is 23.2 Å². The van der Waals surface area contributed by atoms with Crippen molar-refractivity contribution in [2.45, 2.75) is 57.5 Å². The summed E-state index contributed by atoms with van der Waals surface area (Å²) in [7, 11) is 1.37. The fourth-order valence-electron chi connectivity index (χ4n) is 5.45. The highest BCUT2D eigenvalue weighted by Crippen LogP contribution is 2.47. The van der Waals surface area contributed by atoms with Gasteiger partial charge in [0.1, 0.15) is 0 Å². The predicted octanol–water partition coefficient (Wildman–Crippen LogP) is 6.87. The molecule has 2 aromatic rings. The lowest BCUT2D eigenvalue weighted by atomic mass is 9.65. The highest BCUT2D eigenvalue weighted by molar-refractivity contribution is 5.66. The van der Waals surface area contributed by atoms with Crippen LogP contribution in [0.25, 0.3) is 11.1 Å². The fourth-order valence-corrected chi connectivity index (χ4v) is 5.45. The summed E-state index contributed by atoms with van der Waals surface area (Å²) in [5, 5.41) is 0. The van der Waals surface area contributed by atoms with E-state index in [-0.39, 0.29) is 17.2 Å². The van der Waals surface area contributed by atoms with Crippen LogP contribution in [0.15, 0.2) is 30.3 Å². The summed E-state index contributed by atoms with van der Waals surface area (Å²) in [6.07, 6.45) is 6.39. The number of benzene rings is 2. The van der Waals surface area contributed by atoms with E-state index in [4.69, 9.17) is 9.47 Å². The van der Waals surface area contributed by atoms with Crippen molar-refractivity contribution >= 4 is 0 Å².